The van der Waals surface area contributed by atoms with Gasteiger partial charge in [-0.25, -0.2) is 0 Å². The second kappa shape index (κ2) is 9.57. The molecular formula is C26H26ClN3OS. The highest BCUT2D eigenvalue weighted by molar-refractivity contribution is 7.99. The van der Waals surface area contributed by atoms with Crippen molar-refractivity contribution in [2.24, 2.45) is 0 Å². The van der Waals surface area contributed by atoms with Gasteiger partial charge in [-0.1, -0.05) is 59.8 Å². The smallest absolute Gasteiger partial charge is 0.234 e. The summed E-state index contributed by atoms with van der Waals surface area (Å²) in [6.45, 7) is 4.05. The SMILES string of the molecule is O=C(CN1CCN(c2ccccc2)CC1)NC1Cc2ccccc2Sc2ccc(Cl)cc21. The highest BCUT2D eigenvalue weighted by atomic mass is 35.5. The van der Waals surface area contributed by atoms with E-state index in [0.717, 1.165) is 43.1 Å². The van der Waals surface area contributed by atoms with Crippen molar-refractivity contribution in [3.8, 4) is 0 Å². The van der Waals surface area contributed by atoms with Crippen molar-refractivity contribution in [1.29, 1.82) is 0 Å². The third kappa shape index (κ3) is 4.80. The molecule has 32 heavy (non-hydrogen) atoms. The van der Waals surface area contributed by atoms with Crippen LogP contribution in [0.1, 0.15) is 17.2 Å². The second-order valence-electron chi connectivity index (χ2n) is 8.31. The molecule has 1 amide bonds. The van der Waals surface area contributed by atoms with E-state index in [2.05, 4.69) is 69.7 Å². The molecule has 1 N–H and O–H groups in total. The van der Waals surface area contributed by atoms with Crippen LogP contribution in [0, 0.1) is 0 Å². The van der Waals surface area contributed by atoms with Gasteiger partial charge in [0.25, 0.3) is 0 Å². The Morgan fingerprint density at radius 3 is 2.50 bits per heavy atom. The fourth-order valence-electron chi connectivity index (χ4n) is 4.48. The fourth-order valence-corrected chi connectivity index (χ4v) is 5.78. The number of anilines is 1. The zero-order chi connectivity index (χ0) is 21.9. The molecular weight excluding hydrogens is 438 g/mol. The minimum atomic E-state index is -0.0852. The normalized spacial score (nSPS) is 18.4. The van der Waals surface area contributed by atoms with Crippen LogP contribution in [-0.4, -0.2) is 43.5 Å². The molecule has 164 valence electrons. The summed E-state index contributed by atoms with van der Waals surface area (Å²) in [4.78, 5) is 20.1. The molecule has 6 heteroatoms. The summed E-state index contributed by atoms with van der Waals surface area (Å²) in [5.74, 6) is 0.0680. The van der Waals surface area contributed by atoms with Gasteiger partial charge in [0.2, 0.25) is 5.91 Å². The monoisotopic (exact) mass is 463 g/mol. The Bertz CT molecular complexity index is 1100. The number of benzene rings is 3. The zero-order valence-electron chi connectivity index (χ0n) is 17.8. The second-order valence-corrected chi connectivity index (χ2v) is 9.84. The van der Waals surface area contributed by atoms with Gasteiger partial charge in [-0.2, -0.15) is 0 Å². The van der Waals surface area contributed by atoms with Crippen molar-refractivity contribution >= 4 is 35.0 Å². The first kappa shape index (κ1) is 21.4. The molecule has 0 aromatic heterocycles. The summed E-state index contributed by atoms with van der Waals surface area (Å²) < 4.78 is 0. The van der Waals surface area contributed by atoms with E-state index in [9.17, 15) is 4.79 Å². The van der Waals surface area contributed by atoms with Gasteiger partial charge in [0.15, 0.2) is 0 Å². The Morgan fingerprint density at radius 1 is 0.938 bits per heavy atom. The molecule has 1 fully saturated rings. The van der Waals surface area contributed by atoms with Crippen LogP contribution in [0.25, 0.3) is 0 Å². The molecule has 3 aromatic rings. The topological polar surface area (TPSA) is 35.6 Å². The molecule has 2 aliphatic rings. The number of nitrogens with one attached hydrogen (secondary N) is 1. The minimum Gasteiger partial charge on any atom is -0.369 e. The van der Waals surface area contributed by atoms with Crippen molar-refractivity contribution in [2.45, 2.75) is 22.3 Å². The Hall–Kier alpha value is -2.47. The third-order valence-corrected chi connectivity index (χ3v) is 7.60. The summed E-state index contributed by atoms with van der Waals surface area (Å²) in [6.07, 6.45) is 0.768. The average molecular weight is 464 g/mol. The molecule has 0 spiro atoms. The molecule has 4 nitrogen and oxygen atoms in total. The number of rotatable bonds is 4. The number of hydrogen-bond donors (Lipinski definition) is 1. The van der Waals surface area contributed by atoms with Gasteiger partial charge in [-0.05, 0) is 53.9 Å². The lowest BCUT2D eigenvalue weighted by Crippen LogP contribution is -2.50. The molecule has 1 saturated heterocycles. The number of carbonyl (C=O) groups excluding carboxylic acids is 1. The number of para-hydroxylation sites is 1. The Morgan fingerprint density at radius 2 is 1.69 bits per heavy atom. The zero-order valence-corrected chi connectivity index (χ0v) is 19.4. The quantitative estimate of drug-likeness (QED) is 0.588. The summed E-state index contributed by atoms with van der Waals surface area (Å²) in [5, 5.41) is 4.01. The van der Waals surface area contributed by atoms with Gasteiger partial charge in [0.05, 0.1) is 12.6 Å². The summed E-state index contributed by atoms with van der Waals surface area (Å²) >= 11 is 8.08. The third-order valence-electron chi connectivity index (χ3n) is 6.16. The van der Waals surface area contributed by atoms with E-state index >= 15 is 0 Å². The summed E-state index contributed by atoms with van der Waals surface area (Å²) in [6, 6.07) is 24.8. The van der Waals surface area contributed by atoms with Crippen LogP contribution in [0.4, 0.5) is 5.69 Å². The molecule has 0 saturated carbocycles. The number of amides is 1. The number of fused-ring (bicyclic) bond motifs is 2. The highest BCUT2D eigenvalue weighted by Gasteiger charge is 2.26. The molecule has 5 rings (SSSR count). The Balaban J connectivity index is 1.25. The van der Waals surface area contributed by atoms with Crippen molar-refractivity contribution in [3.63, 3.8) is 0 Å². The van der Waals surface area contributed by atoms with Crippen LogP contribution < -0.4 is 10.2 Å². The summed E-state index contributed by atoms with van der Waals surface area (Å²) in [5.41, 5.74) is 3.60. The van der Waals surface area contributed by atoms with E-state index < -0.39 is 0 Å². The van der Waals surface area contributed by atoms with Gasteiger partial charge < -0.3 is 10.2 Å². The number of halogens is 1. The standard InChI is InChI=1S/C26H26ClN3OS/c27-20-10-11-25-22(17-20)23(16-19-6-4-5-9-24(19)32-25)28-26(31)18-29-12-14-30(15-13-29)21-7-2-1-3-8-21/h1-11,17,23H,12-16,18H2,(H,28,31). The van der Waals surface area contributed by atoms with Crippen molar-refractivity contribution < 1.29 is 4.79 Å². The first-order valence-electron chi connectivity index (χ1n) is 11.0. The first-order valence-corrected chi connectivity index (χ1v) is 12.2. The maximum absolute atomic E-state index is 13.0. The molecule has 0 bridgehead atoms. The first-order chi connectivity index (χ1) is 15.7. The maximum atomic E-state index is 13.0. The van der Waals surface area contributed by atoms with Crippen LogP contribution in [0.2, 0.25) is 5.02 Å². The predicted molar refractivity (Wildman–Crippen MR) is 132 cm³/mol. The van der Waals surface area contributed by atoms with Gasteiger partial charge in [-0.3, -0.25) is 9.69 Å². The lowest BCUT2D eigenvalue weighted by Gasteiger charge is -2.36. The number of hydrogen-bond acceptors (Lipinski definition) is 4. The summed E-state index contributed by atoms with van der Waals surface area (Å²) in [7, 11) is 0. The van der Waals surface area contributed by atoms with Gasteiger partial charge in [0, 0.05) is 46.7 Å². The van der Waals surface area contributed by atoms with E-state index in [1.165, 1.54) is 16.1 Å². The van der Waals surface area contributed by atoms with Crippen LogP contribution in [0.5, 0.6) is 0 Å². The highest BCUT2D eigenvalue weighted by Crippen LogP contribution is 2.41. The molecule has 1 atom stereocenters. The maximum Gasteiger partial charge on any atom is 0.234 e. The Kier molecular flexibility index (Phi) is 6.39. The Labute approximate surface area is 198 Å². The van der Waals surface area contributed by atoms with Crippen LogP contribution in [-0.2, 0) is 11.2 Å². The molecule has 2 heterocycles. The van der Waals surface area contributed by atoms with Gasteiger partial charge in [-0.15, -0.1) is 0 Å². The van der Waals surface area contributed by atoms with Crippen LogP contribution >= 0.6 is 23.4 Å². The number of piperazine rings is 1. The van der Waals surface area contributed by atoms with E-state index in [4.69, 9.17) is 11.6 Å². The lowest BCUT2D eigenvalue weighted by molar-refractivity contribution is -0.123. The van der Waals surface area contributed by atoms with Crippen molar-refractivity contribution in [3.05, 3.63) is 88.9 Å². The molecule has 0 radical (unpaired) electrons. The lowest BCUT2D eigenvalue weighted by atomic mass is 9.99. The van der Waals surface area contributed by atoms with E-state index in [1.54, 1.807) is 11.8 Å². The number of nitrogens with zero attached hydrogens (tertiary/aromatic N) is 2. The molecule has 0 aliphatic carbocycles. The van der Waals surface area contributed by atoms with Crippen LogP contribution in [0.15, 0.2) is 82.6 Å². The molecule has 2 aliphatic heterocycles. The van der Waals surface area contributed by atoms with Gasteiger partial charge in [0.1, 0.15) is 0 Å². The van der Waals surface area contributed by atoms with E-state index in [-0.39, 0.29) is 11.9 Å². The van der Waals surface area contributed by atoms with E-state index in [0.29, 0.717) is 11.6 Å². The van der Waals surface area contributed by atoms with Crippen molar-refractivity contribution in [2.75, 3.05) is 37.6 Å². The minimum absolute atomic E-state index is 0.0680. The predicted octanol–water partition coefficient (Wildman–Crippen LogP) is 5.03. The molecule has 1 unspecified atom stereocenters. The van der Waals surface area contributed by atoms with Crippen molar-refractivity contribution in [1.82, 2.24) is 10.2 Å². The van der Waals surface area contributed by atoms with Gasteiger partial charge >= 0.3 is 0 Å². The largest absolute Gasteiger partial charge is 0.369 e. The molecule has 3 aromatic carbocycles. The fraction of sp³-hybridized carbons (Fsp3) is 0.269. The van der Waals surface area contributed by atoms with E-state index in [1.807, 2.05) is 18.2 Å². The number of carbonyl (C=O) groups is 1. The average Bonchev–Trinajstić information content (AvgIpc) is 2.96. The van der Waals surface area contributed by atoms with Crippen LogP contribution in [0.3, 0.4) is 0 Å².